The lowest BCUT2D eigenvalue weighted by Gasteiger charge is -2.29. The maximum absolute atomic E-state index is 5.76. The number of rotatable bonds is 2. The Morgan fingerprint density at radius 3 is 1.77 bits per heavy atom. The fourth-order valence-electron chi connectivity index (χ4n) is 2.54. The van der Waals surface area contributed by atoms with Crippen LogP contribution in [0.1, 0.15) is 52.7 Å². The van der Waals surface area contributed by atoms with Gasteiger partial charge in [-0.3, -0.25) is 0 Å². The number of anilines is 1. The highest BCUT2D eigenvalue weighted by molar-refractivity contribution is 5.67. The van der Waals surface area contributed by atoms with Crippen LogP contribution in [-0.4, -0.2) is 12.3 Å². The van der Waals surface area contributed by atoms with Crippen LogP contribution in [0.3, 0.4) is 0 Å². The zero-order valence-electron chi connectivity index (χ0n) is 14.6. The summed E-state index contributed by atoms with van der Waals surface area (Å²) in [6, 6.07) is 5.98. The van der Waals surface area contributed by atoms with Crippen molar-refractivity contribution in [2.45, 2.75) is 52.4 Å². The highest BCUT2D eigenvalue weighted by Gasteiger charge is 2.28. The summed E-state index contributed by atoms with van der Waals surface area (Å²) in [7, 11) is 1.73. The van der Waals surface area contributed by atoms with Gasteiger partial charge < -0.3 is 15.0 Å². The number of methoxy groups -OCH3 is 1. The Morgan fingerprint density at radius 2 is 1.45 bits per heavy atom. The highest BCUT2D eigenvalue weighted by atomic mass is 16.5. The maximum atomic E-state index is 5.76. The van der Waals surface area contributed by atoms with Gasteiger partial charge in [-0.15, -0.1) is 0 Å². The first kappa shape index (κ1) is 16.4. The lowest BCUT2D eigenvalue weighted by atomic mass is 9.78. The van der Waals surface area contributed by atoms with Gasteiger partial charge >= 0.3 is 0 Å². The molecule has 0 saturated carbocycles. The molecule has 0 spiro atoms. The minimum absolute atomic E-state index is 0.0450. The summed E-state index contributed by atoms with van der Waals surface area (Å²) < 4.78 is 10.8. The van der Waals surface area contributed by atoms with E-state index in [1.54, 1.807) is 13.2 Å². The summed E-state index contributed by atoms with van der Waals surface area (Å²) in [4.78, 5) is 0. The lowest BCUT2D eigenvalue weighted by Crippen LogP contribution is -2.19. The predicted molar refractivity (Wildman–Crippen MR) is 90.3 cm³/mol. The lowest BCUT2D eigenvalue weighted by molar-refractivity contribution is 0.381. The quantitative estimate of drug-likeness (QED) is 0.885. The van der Waals surface area contributed by atoms with Crippen molar-refractivity contribution in [3.8, 4) is 17.0 Å². The molecule has 4 nitrogen and oxygen atoms in total. The Hall–Kier alpha value is -1.97. The Morgan fingerprint density at radius 1 is 0.955 bits per heavy atom. The van der Waals surface area contributed by atoms with Gasteiger partial charge in [0.2, 0.25) is 5.88 Å². The van der Waals surface area contributed by atoms with Crippen LogP contribution in [0.2, 0.25) is 0 Å². The van der Waals surface area contributed by atoms with Crippen molar-refractivity contribution >= 4 is 5.88 Å². The number of nitrogen functional groups attached to an aromatic ring is 1. The van der Waals surface area contributed by atoms with Crippen LogP contribution >= 0.6 is 0 Å². The smallest absolute Gasteiger partial charge is 0.222 e. The fraction of sp³-hybridized carbons (Fsp3) is 0.500. The first-order valence-electron chi connectivity index (χ1n) is 7.49. The second-order valence-electron chi connectivity index (χ2n) is 7.72. The van der Waals surface area contributed by atoms with Crippen molar-refractivity contribution in [3.05, 3.63) is 29.3 Å². The third kappa shape index (κ3) is 3.11. The number of ether oxygens (including phenoxy) is 1. The molecule has 2 N–H and O–H groups in total. The van der Waals surface area contributed by atoms with Gasteiger partial charge in [0, 0.05) is 22.8 Å². The van der Waals surface area contributed by atoms with Crippen LogP contribution in [0.5, 0.6) is 5.75 Å². The minimum atomic E-state index is -0.0450. The van der Waals surface area contributed by atoms with Gasteiger partial charge in [-0.25, -0.2) is 0 Å². The zero-order valence-corrected chi connectivity index (χ0v) is 14.6. The summed E-state index contributed by atoms with van der Waals surface area (Å²) in [6.45, 7) is 13.1. The van der Waals surface area contributed by atoms with Crippen LogP contribution in [0.25, 0.3) is 11.3 Å². The van der Waals surface area contributed by atoms with E-state index < -0.39 is 0 Å². The topological polar surface area (TPSA) is 61.3 Å². The van der Waals surface area contributed by atoms with Crippen molar-refractivity contribution < 1.29 is 9.26 Å². The molecule has 22 heavy (non-hydrogen) atoms. The second-order valence-corrected chi connectivity index (χ2v) is 7.72. The Labute approximate surface area is 132 Å². The van der Waals surface area contributed by atoms with E-state index in [0.29, 0.717) is 5.88 Å². The zero-order chi connectivity index (χ0) is 16.7. The van der Waals surface area contributed by atoms with E-state index in [9.17, 15) is 0 Å². The summed E-state index contributed by atoms with van der Waals surface area (Å²) in [5.74, 6) is 1.26. The molecule has 0 unspecified atom stereocenters. The second kappa shape index (κ2) is 5.34. The Balaban J connectivity index is 2.78. The standard InChI is InChI=1S/C18H26N2O2/c1-17(2,3)12-8-11(14-10-15(19)22-20-14)9-13(16(12)21-7)18(4,5)6/h8-10H,19H2,1-7H3. The largest absolute Gasteiger partial charge is 0.496 e. The fourth-order valence-corrected chi connectivity index (χ4v) is 2.54. The molecule has 120 valence electrons. The molecule has 1 aromatic carbocycles. The molecule has 4 heteroatoms. The molecular weight excluding hydrogens is 276 g/mol. The van der Waals surface area contributed by atoms with Crippen molar-refractivity contribution in [2.75, 3.05) is 12.8 Å². The molecule has 2 rings (SSSR count). The molecule has 1 heterocycles. The molecule has 0 atom stereocenters. The Bertz CT molecular complexity index is 638. The van der Waals surface area contributed by atoms with E-state index in [-0.39, 0.29) is 10.8 Å². The number of benzene rings is 1. The third-order valence-electron chi connectivity index (χ3n) is 3.73. The number of nitrogens with two attached hydrogens (primary N) is 1. The molecule has 0 saturated heterocycles. The van der Waals surface area contributed by atoms with E-state index in [4.69, 9.17) is 15.0 Å². The molecule has 0 aliphatic carbocycles. The van der Waals surface area contributed by atoms with Crippen LogP contribution in [-0.2, 0) is 10.8 Å². The van der Waals surface area contributed by atoms with Gasteiger partial charge in [0.05, 0.1) is 7.11 Å². The van der Waals surface area contributed by atoms with Gasteiger partial charge in [0.15, 0.2) is 0 Å². The Kier molecular flexibility index (Phi) is 3.98. The minimum Gasteiger partial charge on any atom is -0.496 e. The van der Waals surface area contributed by atoms with Gasteiger partial charge in [0.1, 0.15) is 11.4 Å². The molecule has 0 amide bonds. The van der Waals surface area contributed by atoms with Crippen molar-refractivity contribution in [1.29, 1.82) is 0 Å². The number of aromatic nitrogens is 1. The summed E-state index contributed by atoms with van der Waals surface area (Å²) in [6.07, 6.45) is 0. The van der Waals surface area contributed by atoms with Crippen LogP contribution in [0.15, 0.2) is 22.7 Å². The van der Waals surface area contributed by atoms with E-state index in [1.807, 2.05) is 0 Å². The molecule has 0 fully saturated rings. The van der Waals surface area contributed by atoms with Crippen molar-refractivity contribution in [3.63, 3.8) is 0 Å². The van der Waals surface area contributed by atoms with Crippen LogP contribution < -0.4 is 10.5 Å². The van der Waals surface area contributed by atoms with Gasteiger partial charge in [-0.2, -0.15) is 0 Å². The third-order valence-corrected chi connectivity index (χ3v) is 3.73. The molecule has 0 aliphatic rings. The average Bonchev–Trinajstić information content (AvgIpc) is 2.81. The number of hydrogen-bond donors (Lipinski definition) is 1. The van der Waals surface area contributed by atoms with Crippen LogP contribution in [0.4, 0.5) is 5.88 Å². The first-order valence-corrected chi connectivity index (χ1v) is 7.49. The van der Waals surface area contributed by atoms with Gasteiger partial charge in [0.25, 0.3) is 0 Å². The maximum Gasteiger partial charge on any atom is 0.222 e. The molecule has 0 radical (unpaired) electrons. The van der Waals surface area contributed by atoms with E-state index in [1.165, 1.54) is 0 Å². The summed E-state index contributed by atoms with van der Waals surface area (Å²) in [5, 5.41) is 4.05. The van der Waals surface area contributed by atoms with Crippen molar-refractivity contribution in [2.24, 2.45) is 0 Å². The first-order chi connectivity index (χ1) is 10.0. The molecule has 2 aromatic rings. The van der Waals surface area contributed by atoms with E-state index >= 15 is 0 Å². The molecule has 1 aromatic heterocycles. The van der Waals surface area contributed by atoms with E-state index in [2.05, 4.69) is 58.8 Å². The van der Waals surface area contributed by atoms with Crippen LogP contribution in [0, 0.1) is 0 Å². The number of hydrogen-bond acceptors (Lipinski definition) is 4. The summed E-state index contributed by atoms with van der Waals surface area (Å²) in [5.41, 5.74) is 9.62. The SMILES string of the molecule is COc1c(C(C)(C)C)cc(-c2cc(N)on2)cc1C(C)(C)C. The molecule has 0 bridgehead atoms. The summed E-state index contributed by atoms with van der Waals surface area (Å²) >= 11 is 0. The predicted octanol–water partition coefficient (Wildman–Crippen LogP) is 4.53. The van der Waals surface area contributed by atoms with Gasteiger partial charge in [-0.1, -0.05) is 46.7 Å². The highest BCUT2D eigenvalue weighted by Crippen LogP contribution is 2.42. The molecule has 0 aliphatic heterocycles. The number of nitrogens with zero attached hydrogens (tertiary/aromatic N) is 1. The van der Waals surface area contributed by atoms with Gasteiger partial charge in [-0.05, 0) is 23.0 Å². The normalized spacial score (nSPS) is 12.5. The van der Waals surface area contributed by atoms with Crippen molar-refractivity contribution in [1.82, 2.24) is 5.16 Å². The molecular formula is C18H26N2O2. The monoisotopic (exact) mass is 302 g/mol. The average molecular weight is 302 g/mol. The van der Waals surface area contributed by atoms with E-state index in [0.717, 1.165) is 28.1 Å².